The standard InChI is InChI=1S/C22H24O5/c1-12-10-13(2)18-19-14(11-12)6-5-7-17(23)15(19)8-9-16(21(24)26-3)20(18)22(25)27-4/h8-11,17,23H,5-7H2,1-4H3. The summed E-state index contributed by atoms with van der Waals surface area (Å²) in [6.07, 6.45) is 8.94. The number of methoxy groups -OCH3 is 2. The van der Waals surface area contributed by atoms with Gasteiger partial charge in [0.25, 0.3) is 0 Å². The van der Waals surface area contributed by atoms with Crippen LogP contribution < -0.4 is 0 Å². The lowest BCUT2D eigenvalue weighted by Crippen LogP contribution is -2.18. The van der Waals surface area contributed by atoms with Gasteiger partial charge in [-0.25, -0.2) is 9.59 Å². The molecule has 142 valence electrons. The van der Waals surface area contributed by atoms with E-state index in [4.69, 9.17) is 9.47 Å². The zero-order valence-electron chi connectivity index (χ0n) is 16.1. The van der Waals surface area contributed by atoms with Crippen LogP contribution in [0, 0.1) is 0 Å². The fourth-order valence-electron chi connectivity index (χ4n) is 4.00. The molecule has 1 N–H and O–H groups in total. The van der Waals surface area contributed by atoms with Crippen LogP contribution in [0.15, 0.2) is 68.9 Å². The van der Waals surface area contributed by atoms with Crippen LogP contribution in [-0.2, 0) is 19.1 Å². The molecule has 5 heteroatoms. The maximum atomic E-state index is 12.8. The van der Waals surface area contributed by atoms with Gasteiger partial charge in [0.15, 0.2) is 0 Å². The molecule has 3 aliphatic rings. The Morgan fingerprint density at radius 1 is 1.04 bits per heavy atom. The van der Waals surface area contributed by atoms with Crippen molar-refractivity contribution in [1.82, 2.24) is 0 Å². The van der Waals surface area contributed by atoms with Gasteiger partial charge in [-0.1, -0.05) is 23.8 Å². The van der Waals surface area contributed by atoms with Crippen molar-refractivity contribution in [3.63, 3.8) is 0 Å². The Kier molecular flexibility index (Phi) is 5.33. The average molecular weight is 368 g/mol. The Hall–Kier alpha value is -2.66. The highest BCUT2D eigenvalue weighted by Gasteiger charge is 2.35. The Balaban J connectivity index is 2.45. The molecule has 0 aromatic carbocycles. The predicted octanol–water partition coefficient (Wildman–Crippen LogP) is 3.24. The van der Waals surface area contributed by atoms with E-state index >= 15 is 0 Å². The molecule has 0 spiro atoms. The third kappa shape index (κ3) is 3.35. The van der Waals surface area contributed by atoms with E-state index in [0.717, 1.165) is 40.7 Å². The lowest BCUT2D eigenvalue weighted by atomic mass is 9.84. The highest BCUT2D eigenvalue weighted by atomic mass is 16.5. The second kappa shape index (κ2) is 7.53. The molecular weight excluding hydrogens is 344 g/mol. The number of hydrogen-bond donors (Lipinski definition) is 1. The van der Waals surface area contributed by atoms with Gasteiger partial charge in [0.2, 0.25) is 0 Å². The summed E-state index contributed by atoms with van der Waals surface area (Å²) in [6, 6.07) is 0. The summed E-state index contributed by atoms with van der Waals surface area (Å²) in [4.78, 5) is 25.2. The second-order valence-corrected chi connectivity index (χ2v) is 6.96. The van der Waals surface area contributed by atoms with Gasteiger partial charge in [-0.15, -0.1) is 0 Å². The minimum Gasteiger partial charge on any atom is -0.465 e. The second-order valence-electron chi connectivity index (χ2n) is 6.96. The SMILES string of the molecule is COC(=O)C1=CC=C2C3=C(C=C(C)C=C(C)C3=C1C(=O)OC)CCCC2O. The van der Waals surface area contributed by atoms with Crippen LogP contribution in [0.5, 0.6) is 0 Å². The molecule has 1 atom stereocenters. The van der Waals surface area contributed by atoms with Crippen molar-refractivity contribution in [3.05, 3.63) is 68.9 Å². The Bertz CT molecular complexity index is 890. The summed E-state index contributed by atoms with van der Waals surface area (Å²) < 4.78 is 9.93. The van der Waals surface area contributed by atoms with Crippen molar-refractivity contribution in [2.45, 2.75) is 39.2 Å². The molecule has 3 aliphatic carbocycles. The molecule has 3 rings (SSSR count). The van der Waals surface area contributed by atoms with Gasteiger partial charge >= 0.3 is 11.9 Å². The molecule has 0 bridgehead atoms. The minimum absolute atomic E-state index is 0.131. The fraction of sp³-hybridized carbons (Fsp3) is 0.364. The Labute approximate surface area is 159 Å². The highest BCUT2D eigenvalue weighted by molar-refractivity contribution is 6.09. The monoisotopic (exact) mass is 368 g/mol. The van der Waals surface area contributed by atoms with Gasteiger partial charge in [-0.2, -0.15) is 0 Å². The van der Waals surface area contributed by atoms with Crippen LogP contribution in [0.25, 0.3) is 0 Å². The van der Waals surface area contributed by atoms with Crippen LogP contribution in [0.4, 0.5) is 0 Å². The lowest BCUT2D eigenvalue weighted by molar-refractivity contribution is -0.139. The van der Waals surface area contributed by atoms with E-state index in [-0.39, 0.29) is 11.1 Å². The highest BCUT2D eigenvalue weighted by Crippen LogP contribution is 2.43. The largest absolute Gasteiger partial charge is 0.465 e. The molecule has 0 aromatic heterocycles. The van der Waals surface area contributed by atoms with Crippen molar-refractivity contribution in [2.24, 2.45) is 0 Å². The normalized spacial score (nSPS) is 22.3. The maximum Gasteiger partial charge on any atom is 0.339 e. The van der Waals surface area contributed by atoms with Crippen LogP contribution in [-0.4, -0.2) is 37.4 Å². The number of aliphatic hydroxyl groups excluding tert-OH is 1. The number of esters is 2. The van der Waals surface area contributed by atoms with E-state index in [0.29, 0.717) is 12.0 Å². The molecule has 0 aliphatic heterocycles. The number of allylic oxidation sites excluding steroid dienone is 8. The summed E-state index contributed by atoms with van der Waals surface area (Å²) >= 11 is 0. The van der Waals surface area contributed by atoms with Gasteiger partial charge in [0.1, 0.15) is 0 Å². The topological polar surface area (TPSA) is 72.8 Å². The van der Waals surface area contributed by atoms with Crippen molar-refractivity contribution in [3.8, 4) is 0 Å². The smallest absolute Gasteiger partial charge is 0.339 e. The molecule has 0 amide bonds. The summed E-state index contributed by atoms with van der Waals surface area (Å²) in [6.45, 7) is 3.91. The van der Waals surface area contributed by atoms with Crippen LogP contribution >= 0.6 is 0 Å². The summed E-state index contributed by atoms with van der Waals surface area (Å²) in [7, 11) is 2.57. The molecule has 0 heterocycles. The first-order valence-corrected chi connectivity index (χ1v) is 9.01. The Morgan fingerprint density at radius 3 is 2.41 bits per heavy atom. The van der Waals surface area contributed by atoms with Crippen LogP contribution in [0.2, 0.25) is 0 Å². The number of rotatable bonds is 2. The van der Waals surface area contributed by atoms with E-state index in [1.165, 1.54) is 14.2 Å². The summed E-state index contributed by atoms with van der Waals surface area (Å²) in [5.74, 6) is -1.22. The molecule has 0 fully saturated rings. The van der Waals surface area contributed by atoms with Gasteiger partial charge in [-0.05, 0) is 61.5 Å². The van der Waals surface area contributed by atoms with Crippen LogP contribution in [0.1, 0.15) is 33.1 Å². The quantitative estimate of drug-likeness (QED) is 0.758. The number of hydrogen-bond acceptors (Lipinski definition) is 5. The van der Waals surface area contributed by atoms with E-state index in [1.807, 2.05) is 19.9 Å². The van der Waals surface area contributed by atoms with E-state index in [2.05, 4.69) is 6.08 Å². The number of carbonyl (C=O) groups is 2. The van der Waals surface area contributed by atoms with Crippen molar-refractivity contribution >= 4 is 11.9 Å². The van der Waals surface area contributed by atoms with Gasteiger partial charge < -0.3 is 14.6 Å². The molecule has 27 heavy (non-hydrogen) atoms. The third-order valence-electron chi connectivity index (χ3n) is 5.13. The number of aliphatic hydroxyl groups is 1. The third-order valence-corrected chi connectivity index (χ3v) is 5.13. The average Bonchev–Trinajstić information content (AvgIpc) is 2.96. The van der Waals surface area contributed by atoms with E-state index in [1.54, 1.807) is 12.2 Å². The zero-order valence-corrected chi connectivity index (χ0v) is 16.1. The van der Waals surface area contributed by atoms with E-state index in [9.17, 15) is 14.7 Å². The van der Waals surface area contributed by atoms with Crippen molar-refractivity contribution < 1.29 is 24.2 Å². The first kappa shape index (κ1) is 19.1. The van der Waals surface area contributed by atoms with Crippen molar-refractivity contribution in [2.75, 3.05) is 14.2 Å². The van der Waals surface area contributed by atoms with E-state index < -0.39 is 18.0 Å². The first-order valence-electron chi connectivity index (χ1n) is 9.01. The van der Waals surface area contributed by atoms with Gasteiger partial charge in [0, 0.05) is 5.57 Å². The zero-order chi connectivity index (χ0) is 19.7. The first-order chi connectivity index (χ1) is 12.9. The molecule has 0 aromatic rings. The molecule has 5 nitrogen and oxygen atoms in total. The summed E-state index contributed by atoms with van der Waals surface area (Å²) in [5.41, 5.74) is 5.42. The van der Waals surface area contributed by atoms with Gasteiger partial charge in [0.05, 0.1) is 31.5 Å². The van der Waals surface area contributed by atoms with Crippen LogP contribution in [0.3, 0.4) is 0 Å². The number of carbonyl (C=O) groups excluding carboxylic acids is 2. The summed E-state index contributed by atoms with van der Waals surface area (Å²) in [5, 5.41) is 10.7. The Morgan fingerprint density at radius 2 is 1.74 bits per heavy atom. The predicted molar refractivity (Wildman–Crippen MR) is 102 cm³/mol. The fourth-order valence-corrected chi connectivity index (χ4v) is 4.00. The molecule has 0 saturated carbocycles. The number of ether oxygens (including phenoxy) is 2. The van der Waals surface area contributed by atoms with Gasteiger partial charge in [-0.3, -0.25) is 0 Å². The lowest BCUT2D eigenvalue weighted by Gasteiger charge is -2.21. The minimum atomic E-state index is -0.667. The van der Waals surface area contributed by atoms with Crippen molar-refractivity contribution in [1.29, 1.82) is 0 Å². The molecule has 1 unspecified atom stereocenters. The molecular formula is C22H24O5. The molecule has 0 radical (unpaired) electrons. The maximum absolute atomic E-state index is 12.8. The molecule has 0 saturated heterocycles.